The van der Waals surface area contributed by atoms with Crippen molar-refractivity contribution in [3.63, 3.8) is 0 Å². The maximum absolute atomic E-state index is 6.07. The van der Waals surface area contributed by atoms with Gasteiger partial charge in [-0.05, 0) is 69.8 Å². The fourth-order valence-corrected chi connectivity index (χ4v) is 4.13. The van der Waals surface area contributed by atoms with Gasteiger partial charge < -0.3 is 10.2 Å². The summed E-state index contributed by atoms with van der Waals surface area (Å²) in [7, 11) is 2.31. The first-order valence-electron chi connectivity index (χ1n) is 7.84. The average Bonchev–Trinajstić information content (AvgIpc) is 2.66. The van der Waals surface area contributed by atoms with Gasteiger partial charge in [-0.1, -0.05) is 23.7 Å². The summed E-state index contributed by atoms with van der Waals surface area (Å²) in [5.74, 6) is 0.838. The molecule has 2 heterocycles. The second-order valence-electron chi connectivity index (χ2n) is 6.57. The van der Waals surface area contributed by atoms with Gasteiger partial charge >= 0.3 is 0 Å². The summed E-state index contributed by atoms with van der Waals surface area (Å²) in [4.78, 5) is 2.61. The number of benzene rings is 1. The summed E-state index contributed by atoms with van der Waals surface area (Å²) in [6.07, 6.45) is 5.54. The molecule has 0 aromatic heterocycles. The van der Waals surface area contributed by atoms with E-state index in [4.69, 9.17) is 11.6 Å². The summed E-state index contributed by atoms with van der Waals surface area (Å²) < 4.78 is 0. The lowest BCUT2D eigenvalue weighted by Crippen LogP contribution is -2.42. The van der Waals surface area contributed by atoms with E-state index in [1.165, 1.54) is 31.2 Å². The third kappa shape index (κ3) is 3.03. The second kappa shape index (κ2) is 6.05. The van der Waals surface area contributed by atoms with E-state index in [1.807, 2.05) is 12.1 Å². The number of nitrogens with one attached hydrogen (secondary N) is 1. The van der Waals surface area contributed by atoms with Crippen LogP contribution < -0.4 is 5.32 Å². The predicted octanol–water partition coefficient (Wildman–Crippen LogP) is 3.86. The molecular weight excluding hydrogens is 268 g/mol. The number of hydrogen-bond donors (Lipinski definition) is 1. The van der Waals surface area contributed by atoms with Gasteiger partial charge in [-0.15, -0.1) is 0 Å². The molecule has 0 radical (unpaired) electrons. The Balaban J connectivity index is 1.52. The summed E-state index contributed by atoms with van der Waals surface area (Å²) >= 11 is 6.07. The molecule has 0 saturated carbocycles. The molecule has 2 bridgehead atoms. The lowest BCUT2D eigenvalue weighted by Gasteiger charge is -2.36. The number of halogens is 1. The molecule has 2 fully saturated rings. The minimum absolute atomic E-state index is 0.381. The molecule has 3 atom stereocenters. The van der Waals surface area contributed by atoms with Crippen molar-refractivity contribution in [2.24, 2.45) is 5.92 Å². The Bertz CT molecular complexity index is 448. The Kier molecular flexibility index (Phi) is 4.34. The third-order valence-corrected chi connectivity index (χ3v) is 5.49. The Hall–Kier alpha value is -0.570. The first-order chi connectivity index (χ1) is 9.63. The Morgan fingerprint density at radius 2 is 2.00 bits per heavy atom. The molecule has 0 aliphatic carbocycles. The largest absolute Gasteiger partial charge is 0.310 e. The number of hydrogen-bond acceptors (Lipinski definition) is 2. The van der Waals surface area contributed by atoms with Crippen LogP contribution in [0.4, 0.5) is 0 Å². The monoisotopic (exact) mass is 292 g/mol. The molecule has 3 unspecified atom stereocenters. The van der Waals surface area contributed by atoms with Crippen molar-refractivity contribution < 1.29 is 0 Å². The number of rotatable bonds is 4. The Morgan fingerprint density at radius 3 is 2.65 bits per heavy atom. The van der Waals surface area contributed by atoms with Crippen molar-refractivity contribution in [1.82, 2.24) is 10.2 Å². The fourth-order valence-electron chi connectivity index (χ4n) is 3.93. The van der Waals surface area contributed by atoms with Crippen LogP contribution in [0.5, 0.6) is 0 Å². The lowest BCUT2D eigenvalue weighted by molar-refractivity contribution is 0.131. The van der Waals surface area contributed by atoms with E-state index in [9.17, 15) is 0 Å². The molecule has 1 N–H and O–H groups in total. The van der Waals surface area contributed by atoms with E-state index >= 15 is 0 Å². The van der Waals surface area contributed by atoms with Gasteiger partial charge in [-0.2, -0.15) is 0 Å². The van der Waals surface area contributed by atoms with Gasteiger partial charge in [0.15, 0.2) is 0 Å². The van der Waals surface area contributed by atoms with Crippen LogP contribution in [0.2, 0.25) is 5.02 Å². The van der Waals surface area contributed by atoms with Crippen LogP contribution in [-0.2, 0) is 0 Å². The van der Waals surface area contributed by atoms with Crippen molar-refractivity contribution in [1.29, 1.82) is 0 Å². The molecule has 0 amide bonds. The highest BCUT2D eigenvalue weighted by Crippen LogP contribution is 2.37. The Labute approximate surface area is 127 Å². The topological polar surface area (TPSA) is 15.3 Å². The first-order valence-corrected chi connectivity index (χ1v) is 8.22. The molecular formula is C17H25ClN2. The molecule has 3 rings (SSSR count). The maximum Gasteiger partial charge on any atom is 0.0409 e. The van der Waals surface area contributed by atoms with Gasteiger partial charge in [0.1, 0.15) is 0 Å². The van der Waals surface area contributed by atoms with Crippen LogP contribution >= 0.6 is 11.6 Å². The standard InChI is InChI=1S/C17H25ClN2/c1-12(14-4-3-5-15(18)10-14)19-11-13-8-16-6-7-17(9-13)20(16)2/h3-5,10,12-13,16-17,19H,6-9,11H2,1-2H3. The summed E-state index contributed by atoms with van der Waals surface area (Å²) in [6.45, 7) is 3.36. The zero-order chi connectivity index (χ0) is 14.1. The van der Waals surface area contributed by atoms with Crippen LogP contribution in [0.15, 0.2) is 24.3 Å². The van der Waals surface area contributed by atoms with Crippen molar-refractivity contribution in [3.8, 4) is 0 Å². The minimum Gasteiger partial charge on any atom is -0.310 e. The first kappa shape index (κ1) is 14.4. The van der Waals surface area contributed by atoms with E-state index < -0.39 is 0 Å². The van der Waals surface area contributed by atoms with Gasteiger partial charge in [-0.25, -0.2) is 0 Å². The summed E-state index contributed by atoms with van der Waals surface area (Å²) in [6, 6.07) is 10.2. The van der Waals surface area contributed by atoms with Gasteiger partial charge in [0, 0.05) is 23.1 Å². The molecule has 3 heteroatoms. The molecule has 110 valence electrons. The normalized spacial score (nSPS) is 31.4. The molecule has 2 aliphatic heterocycles. The highest BCUT2D eigenvalue weighted by molar-refractivity contribution is 6.30. The number of piperidine rings is 1. The van der Waals surface area contributed by atoms with E-state index in [-0.39, 0.29) is 0 Å². The quantitative estimate of drug-likeness (QED) is 0.906. The lowest BCUT2D eigenvalue weighted by atomic mass is 9.90. The number of nitrogens with zero attached hydrogens (tertiary/aromatic N) is 1. The minimum atomic E-state index is 0.381. The second-order valence-corrected chi connectivity index (χ2v) is 7.01. The van der Waals surface area contributed by atoms with Crippen LogP contribution in [0.1, 0.15) is 44.2 Å². The molecule has 2 saturated heterocycles. The smallest absolute Gasteiger partial charge is 0.0409 e. The molecule has 2 aliphatic rings. The summed E-state index contributed by atoms with van der Waals surface area (Å²) in [5, 5.41) is 4.53. The van der Waals surface area contributed by atoms with Gasteiger partial charge in [0.05, 0.1) is 0 Å². The van der Waals surface area contributed by atoms with E-state index in [0.717, 1.165) is 29.6 Å². The van der Waals surface area contributed by atoms with Crippen molar-refractivity contribution >= 4 is 11.6 Å². The van der Waals surface area contributed by atoms with E-state index in [0.29, 0.717) is 6.04 Å². The highest BCUT2D eigenvalue weighted by Gasteiger charge is 2.38. The van der Waals surface area contributed by atoms with Crippen molar-refractivity contribution in [3.05, 3.63) is 34.9 Å². The van der Waals surface area contributed by atoms with Crippen molar-refractivity contribution in [2.75, 3.05) is 13.6 Å². The predicted molar refractivity (Wildman–Crippen MR) is 85.2 cm³/mol. The van der Waals surface area contributed by atoms with Gasteiger partial charge in [-0.3, -0.25) is 0 Å². The van der Waals surface area contributed by atoms with Gasteiger partial charge in [0.2, 0.25) is 0 Å². The number of fused-ring (bicyclic) bond motifs is 2. The third-order valence-electron chi connectivity index (χ3n) is 5.26. The van der Waals surface area contributed by atoms with Gasteiger partial charge in [0.25, 0.3) is 0 Å². The van der Waals surface area contributed by atoms with E-state index in [1.54, 1.807) is 0 Å². The highest BCUT2D eigenvalue weighted by atomic mass is 35.5. The van der Waals surface area contributed by atoms with Crippen LogP contribution in [0.25, 0.3) is 0 Å². The molecule has 1 aromatic carbocycles. The molecule has 20 heavy (non-hydrogen) atoms. The maximum atomic E-state index is 6.07. The fraction of sp³-hybridized carbons (Fsp3) is 0.647. The molecule has 2 nitrogen and oxygen atoms in total. The SMILES string of the molecule is CC(NCC1CC2CCC(C1)N2C)c1cccc(Cl)c1. The van der Waals surface area contributed by atoms with Crippen LogP contribution in [-0.4, -0.2) is 30.6 Å². The Morgan fingerprint density at radius 1 is 1.30 bits per heavy atom. The average molecular weight is 293 g/mol. The summed E-state index contributed by atoms with van der Waals surface area (Å²) in [5.41, 5.74) is 1.29. The zero-order valence-corrected chi connectivity index (χ0v) is 13.2. The van der Waals surface area contributed by atoms with Crippen LogP contribution in [0, 0.1) is 5.92 Å². The van der Waals surface area contributed by atoms with Crippen molar-refractivity contribution in [2.45, 2.75) is 50.7 Å². The zero-order valence-electron chi connectivity index (χ0n) is 12.5. The van der Waals surface area contributed by atoms with E-state index in [2.05, 4.69) is 36.3 Å². The van der Waals surface area contributed by atoms with Crippen LogP contribution in [0.3, 0.4) is 0 Å². The molecule has 1 aromatic rings. The molecule has 0 spiro atoms.